The molecule has 1 heterocycles. The van der Waals surface area contributed by atoms with Crippen LogP contribution in [0.25, 0.3) is 0 Å². The van der Waals surface area contributed by atoms with Crippen molar-refractivity contribution in [1.82, 2.24) is 15.5 Å². The van der Waals surface area contributed by atoms with Gasteiger partial charge < -0.3 is 15.1 Å². The first-order chi connectivity index (χ1) is 12.2. The highest BCUT2D eigenvalue weighted by Crippen LogP contribution is 2.20. The molecule has 0 bridgehead atoms. The van der Waals surface area contributed by atoms with Crippen LogP contribution in [0.5, 0.6) is 0 Å². The first-order valence-corrected chi connectivity index (χ1v) is 8.64. The van der Waals surface area contributed by atoms with Crippen LogP contribution in [0.4, 0.5) is 4.39 Å². The first kappa shape index (κ1) is 19.0. The predicted molar refractivity (Wildman–Crippen MR) is 99.0 cm³/mol. The van der Waals surface area contributed by atoms with E-state index < -0.39 is 0 Å². The van der Waals surface area contributed by atoms with Gasteiger partial charge in [-0.1, -0.05) is 26.0 Å². The van der Waals surface area contributed by atoms with Gasteiger partial charge in [-0.2, -0.15) is 0 Å². The van der Waals surface area contributed by atoms with Crippen LogP contribution in [0.3, 0.4) is 0 Å². The van der Waals surface area contributed by atoms with Gasteiger partial charge in [0.15, 0.2) is 5.96 Å². The molecule has 0 saturated heterocycles. The summed E-state index contributed by atoms with van der Waals surface area (Å²) in [5.74, 6) is 1.41. The maximum absolute atomic E-state index is 13.0. The maximum atomic E-state index is 13.0. The van der Waals surface area contributed by atoms with Crippen molar-refractivity contribution in [1.29, 1.82) is 0 Å². The Bertz CT molecular complexity index is 636. The van der Waals surface area contributed by atoms with Crippen molar-refractivity contribution in [2.75, 3.05) is 26.7 Å². The lowest BCUT2D eigenvalue weighted by Crippen LogP contribution is -2.42. The van der Waals surface area contributed by atoms with Gasteiger partial charge in [-0.3, -0.25) is 9.89 Å². The highest BCUT2D eigenvalue weighted by atomic mass is 19.1. The Labute approximate surface area is 148 Å². The van der Waals surface area contributed by atoms with Crippen molar-refractivity contribution in [2.24, 2.45) is 4.99 Å². The van der Waals surface area contributed by atoms with Gasteiger partial charge in [0.2, 0.25) is 0 Å². The van der Waals surface area contributed by atoms with Gasteiger partial charge in [0.1, 0.15) is 11.6 Å². The van der Waals surface area contributed by atoms with E-state index in [1.807, 2.05) is 12.1 Å². The van der Waals surface area contributed by atoms with Crippen LogP contribution in [0.1, 0.15) is 31.2 Å². The van der Waals surface area contributed by atoms with E-state index in [0.717, 1.165) is 24.4 Å². The van der Waals surface area contributed by atoms with Crippen molar-refractivity contribution in [3.8, 4) is 0 Å². The topological polar surface area (TPSA) is 52.8 Å². The molecule has 2 aromatic rings. The SMILES string of the molecule is CCN(CC)C(CNC(=NC)NCc1ccc(F)cc1)c1ccco1. The summed E-state index contributed by atoms with van der Waals surface area (Å²) in [6.07, 6.45) is 1.70. The Morgan fingerprint density at radius 1 is 1.16 bits per heavy atom. The fourth-order valence-electron chi connectivity index (χ4n) is 2.76. The number of hydrogen-bond acceptors (Lipinski definition) is 3. The normalized spacial score (nSPS) is 13.1. The van der Waals surface area contributed by atoms with E-state index >= 15 is 0 Å². The minimum atomic E-state index is -0.230. The Balaban J connectivity index is 1.93. The minimum absolute atomic E-state index is 0.134. The largest absolute Gasteiger partial charge is 0.468 e. The number of guanidine groups is 1. The molecule has 1 aromatic carbocycles. The number of rotatable bonds is 8. The molecule has 1 unspecified atom stereocenters. The number of nitrogens with zero attached hydrogens (tertiary/aromatic N) is 2. The first-order valence-electron chi connectivity index (χ1n) is 8.64. The van der Waals surface area contributed by atoms with E-state index in [9.17, 15) is 4.39 Å². The van der Waals surface area contributed by atoms with Crippen molar-refractivity contribution >= 4 is 5.96 Å². The van der Waals surface area contributed by atoms with Crippen LogP contribution in [-0.2, 0) is 6.54 Å². The fraction of sp³-hybridized carbons (Fsp3) is 0.421. The molecule has 0 aliphatic carbocycles. The molecule has 1 aromatic heterocycles. The van der Waals surface area contributed by atoms with Crippen LogP contribution in [0.2, 0.25) is 0 Å². The predicted octanol–water partition coefficient (Wildman–Crippen LogP) is 3.17. The molecule has 0 spiro atoms. The summed E-state index contributed by atoms with van der Waals surface area (Å²) in [5, 5.41) is 6.60. The Morgan fingerprint density at radius 3 is 2.44 bits per heavy atom. The minimum Gasteiger partial charge on any atom is -0.468 e. The third-order valence-electron chi connectivity index (χ3n) is 4.18. The molecule has 5 nitrogen and oxygen atoms in total. The number of furan rings is 1. The van der Waals surface area contributed by atoms with Crippen LogP contribution >= 0.6 is 0 Å². The molecule has 0 radical (unpaired) electrons. The number of aliphatic imine (C=N–C) groups is 1. The van der Waals surface area contributed by atoms with Gasteiger partial charge in [-0.15, -0.1) is 0 Å². The summed E-state index contributed by atoms with van der Waals surface area (Å²) in [5.41, 5.74) is 0.996. The van der Waals surface area contributed by atoms with Crippen LogP contribution in [0.15, 0.2) is 52.1 Å². The average molecular weight is 346 g/mol. The molecule has 1 atom stereocenters. The van der Waals surface area contributed by atoms with E-state index in [0.29, 0.717) is 19.0 Å². The summed E-state index contributed by atoms with van der Waals surface area (Å²) in [4.78, 5) is 6.59. The molecule has 0 aliphatic heterocycles. The summed E-state index contributed by atoms with van der Waals surface area (Å²) < 4.78 is 18.6. The quantitative estimate of drug-likeness (QED) is 0.569. The van der Waals surface area contributed by atoms with Crippen LogP contribution < -0.4 is 10.6 Å². The number of nitrogens with one attached hydrogen (secondary N) is 2. The van der Waals surface area contributed by atoms with Crippen LogP contribution in [0, 0.1) is 5.82 Å². The summed E-state index contributed by atoms with van der Waals surface area (Å²) >= 11 is 0. The molecule has 136 valence electrons. The molecular weight excluding hydrogens is 319 g/mol. The molecule has 0 amide bonds. The lowest BCUT2D eigenvalue weighted by Gasteiger charge is -2.28. The molecule has 6 heteroatoms. The number of halogens is 1. The smallest absolute Gasteiger partial charge is 0.191 e. The highest BCUT2D eigenvalue weighted by Gasteiger charge is 2.20. The summed E-state index contributed by atoms with van der Waals surface area (Å²) in [6, 6.07) is 10.5. The number of hydrogen-bond donors (Lipinski definition) is 2. The third-order valence-corrected chi connectivity index (χ3v) is 4.18. The summed E-state index contributed by atoms with van der Waals surface area (Å²) in [6.45, 7) is 7.41. The lowest BCUT2D eigenvalue weighted by molar-refractivity contribution is 0.193. The van der Waals surface area contributed by atoms with Crippen LogP contribution in [-0.4, -0.2) is 37.5 Å². The van der Waals surface area contributed by atoms with Gasteiger partial charge in [0, 0.05) is 20.1 Å². The third kappa shape index (κ3) is 5.60. The van der Waals surface area contributed by atoms with Crippen molar-refractivity contribution in [3.63, 3.8) is 0 Å². The van der Waals surface area contributed by atoms with E-state index in [1.54, 1.807) is 25.4 Å². The Hall–Kier alpha value is -2.34. The molecule has 25 heavy (non-hydrogen) atoms. The lowest BCUT2D eigenvalue weighted by atomic mass is 10.2. The molecule has 0 fully saturated rings. The fourth-order valence-corrected chi connectivity index (χ4v) is 2.76. The van der Waals surface area contributed by atoms with E-state index in [4.69, 9.17) is 4.42 Å². The van der Waals surface area contributed by atoms with E-state index in [1.165, 1.54) is 12.1 Å². The van der Waals surface area contributed by atoms with Gasteiger partial charge in [-0.05, 0) is 42.9 Å². The zero-order valence-corrected chi connectivity index (χ0v) is 15.1. The highest BCUT2D eigenvalue weighted by molar-refractivity contribution is 5.79. The second-order valence-electron chi connectivity index (χ2n) is 5.69. The molecule has 0 saturated carbocycles. The van der Waals surface area contributed by atoms with Gasteiger partial charge in [-0.25, -0.2) is 4.39 Å². The second-order valence-corrected chi connectivity index (χ2v) is 5.69. The van der Waals surface area contributed by atoms with Gasteiger partial charge in [0.05, 0.1) is 12.3 Å². The van der Waals surface area contributed by atoms with E-state index in [-0.39, 0.29) is 11.9 Å². The number of likely N-dealkylation sites (N-methyl/N-ethyl adjacent to an activating group) is 1. The Kier molecular flexibility index (Phi) is 7.47. The standard InChI is InChI=1S/C19H27FN4O/c1-4-24(5-2)17(18-7-6-12-25-18)14-23-19(21-3)22-13-15-8-10-16(20)11-9-15/h6-12,17H,4-5,13-14H2,1-3H3,(H2,21,22,23). The van der Waals surface area contributed by atoms with Crippen molar-refractivity contribution in [3.05, 3.63) is 59.8 Å². The molecule has 2 rings (SSSR count). The second kappa shape index (κ2) is 9.84. The zero-order valence-electron chi connectivity index (χ0n) is 15.1. The Morgan fingerprint density at radius 2 is 1.88 bits per heavy atom. The molecular formula is C19H27FN4O. The molecule has 2 N–H and O–H groups in total. The van der Waals surface area contributed by atoms with Gasteiger partial charge >= 0.3 is 0 Å². The van der Waals surface area contributed by atoms with E-state index in [2.05, 4.69) is 34.4 Å². The van der Waals surface area contributed by atoms with Crippen molar-refractivity contribution < 1.29 is 8.81 Å². The van der Waals surface area contributed by atoms with Gasteiger partial charge in [0.25, 0.3) is 0 Å². The summed E-state index contributed by atoms with van der Waals surface area (Å²) in [7, 11) is 1.74. The zero-order chi connectivity index (χ0) is 18.1. The maximum Gasteiger partial charge on any atom is 0.191 e. The monoisotopic (exact) mass is 346 g/mol. The number of benzene rings is 1. The van der Waals surface area contributed by atoms with Crippen molar-refractivity contribution in [2.45, 2.75) is 26.4 Å². The average Bonchev–Trinajstić information content (AvgIpc) is 3.16. The molecule has 0 aliphatic rings.